The molecule has 0 aromatic carbocycles. The van der Waals surface area contributed by atoms with Crippen molar-refractivity contribution in [3.63, 3.8) is 0 Å². The van der Waals surface area contributed by atoms with Crippen molar-refractivity contribution in [1.29, 1.82) is 0 Å². The van der Waals surface area contributed by atoms with Gasteiger partial charge >= 0.3 is 0 Å². The lowest BCUT2D eigenvalue weighted by molar-refractivity contribution is -0.0638. The van der Waals surface area contributed by atoms with Crippen molar-refractivity contribution >= 4 is 0 Å². The highest BCUT2D eigenvalue weighted by Gasteiger charge is 2.51. The van der Waals surface area contributed by atoms with Crippen LogP contribution in [0.15, 0.2) is 6.07 Å². The quantitative estimate of drug-likeness (QED) is 0.907. The van der Waals surface area contributed by atoms with Crippen LogP contribution in [-0.2, 0) is 13.1 Å². The standard InChI is InChI=1S/C16H25N3/c1-11-2-15(9-17)18-19(11)10-16-6-12-3-13(7-16)5-14(4-12)8-16/h2,12-14H,3-10,17H2,1H3. The van der Waals surface area contributed by atoms with Gasteiger partial charge in [0.25, 0.3) is 0 Å². The molecule has 4 aliphatic carbocycles. The topological polar surface area (TPSA) is 43.8 Å². The fourth-order valence-electron chi connectivity index (χ4n) is 5.64. The van der Waals surface area contributed by atoms with Crippen molar-refractivity contribution in [2.24, 2.45) is 28.9 Å². The Hall–Kier alpha value is -0.830. The second-order valence-corrected chi connectivity index (χ2v) is 7.56. The second kappa shape index (κ2) is 4.08. The summed E-state index contributed by atoms with van der Waals surface area (Å²) in [5.41, 5.74) is 8.62. The molecule has 4 fully saturated rings. The largest absolute Gasteiger partial charge is 0.325 e. The first-order valence-electron chi connectivity index (χ1n) is 7.89. The summed E-state index contributed by atoms with van der Waals surface area (Å²) in [5, 5.41) is 4.70. The summed E-state index contributed by atoms with van der Waals surface area (Å²) in [4.78, 5) is 0. The lowest BCUT2D eigenvalue weighted by Gasteiger charge is -2.56. The minimum atomic E-state index is 0.564. The molecule has 3 nitrogen and oxygen atoms in total. The number of aromatic nitrogens is 2. The van der Waals surface area contributed by atoms with Crippen LogP contribution in [0.25, 0.3) is 0 Å². The lowest BCUT2D eigenvalue weighted by Crippen LogP contribution is -2.48. The van der Waals surface area contributed by atoms with E-state index in [9.17, 15) is 0 Å². The maximum absolute atomic E-state index is 5.72. The fourth-order valence-corrected chi connectivity index (χ4v) is 5.64. The van der Waals surface area contributed by atoms with Gasteiger partial charge in [0, 0.05) is 18.8 Å². The third kappa shape index (κ3) is 1.94. The highest BCUT2D eigenvalue weighted by atomic mass is 15.3. The summed E-state index contributed by atoms with van der Waals surface area (Å²) < 4.78 is 2.25. The normalized spacial score (nSPS) is 40.0. The molecule has 0 radical (unpaired) electrons. The molecule has 0 unspecified atom stereocenters. The Morgan fingerprint density at radius 3 is 2.26 bits per heavy atom. The van der Waals surface area contributed by atoms with E-state index < -0.39 is 0 Å². The molecule has 2 N–H and O–H groups in total. The van der Waals surface area contributed by atoms with Crippen LogP contribution in [-0.4, -0.2) is 9.78 Å². The Morgan fingerprint density at radius 2 is 1.79 bits per heavy atom. The van der Waals surface area contributed by atoms with Gasteiger partial charge in [0.05, 0.1) is 5.69 Å². The van der Waals surface area contributed by atoms with Crippen LogP contribution >= 0.6 is 0 Å². The fraction of sp³-hybridized carbons (Fsp3) is 0.812. The SMILES string of the molecule is Cc1cc(CN)nn1CC12CC3CC(CC(C3)C1)C2. The predicted molar refractivity (Wildman–Crippen MR) is 75.5 cm³/mol. The first kappa shape index (κ1) is 12.0. The average molecular weight is 259 g/mol. The molecule has 0 spiro atoms. The predicted octanol–water partition coefficient (Wildman–Crippen LogP) is 2.87. The monoisotopic (exact) mass is 259 g/mol. The highest BCUT2D eigenvalue weighted by Crippen LogP contribution is 2.60. The average Bonchev–Trinajstić information content (AvgIpc) is 2.67. The molecule has 0 amide bonds. The lowest BCUT2D eigenvalue weighted by atomic mass is 9.49. The second-order valence-electron chi connectivity index (χ2n) is 7.56. The summed E-state index contributed by atoms with van der Waals surface area (Å²) in [6.07, 6.45) is 8.92. The Balaban J connectivity index is 1.60. The molecule has 4 aliphatic rings. The minimum absolute atomic E-state index is 0.564. The van der Waals surface area contributed by atoms with Crippen molar-refractivity contribution < 1.29 is 0 Å². The summed E-state index contributed by atoms with van der Waals surface area (Å²) >= 11 is 0. The number of nitrogens with zero attached hydrogens (tertiary/aromatic N) is 2. The molecule has 0 atom stereocenters. The van der Waals surface area contributed by atoms with Crippen LogP contribution in [0.2, 0.25) is 0 Å². The van der Waals surface area contributed by atoms with Gasteiger partial charge in [-0.3, -0.25) is 4.68 Å². The minimum Gasteiger partial charge on any atom is -0.325 e. The molecule has 1 aromatic heterocycles. The van der Waals surface area contributed by atoms with Gasteiger partial charge in [-0.05, 0) is 74.7 Å². The number of hydrogen-bond acceptors (Lipinski definition) is 2. The Labute approximate surface area is 115 Å². The summed E-state index contributed by atoms with van der Waals surface area (Å²) in [6.45, 7) is 3.88. The molecule has 0 saturated heterocycles. The van der Waals surface area contributed by atoms with Crippen molar-refractivity contribution in [2.75, 3.05) is 0 Å². The van der Waals surface area contributed by atoms with Gasteiger partial charge in [0.1, 0.15) is 0 Å². The Kier molecular flexibility index (Phi) is 2.57. The molecule has 4 saturated carbocycles. The third-order valence-corrected chi connectivity index (χ3v) is 5.89. The highest BCUT2D eigenvalue weighted by molar-refractivity contribution is 5.10. The van der Waals surface area contributed by atoms with Gasteiger partial charge in [-0.1, -0.05) is 0 Å². The smallest absolute Gasteiger partial charge is 0.0763 e. The number of nitrogens with two attached hydrogens (primary N) is 1. The van der Waals surface area contributed by atoms with Crippen LogP contribution < -0.4 is 5.73 Å². The van der Waals surface area contributed by atoms with Crippen molar-refractivity contribution in [2.45, 2.75) is 58.5 Å². The van der Waals surface area contributed by atoms with Crippen LogP contribution in [0.5, 0.6) is 0 Å². The van der Waals surface area contributed by atoms with Gasteiger partial charge in [0.15, 0.2) is 0 Å². The number of hydrogen-bond donors (Lipinski definition) is 1. The first-order valence-corrected chi connectivity index (χ1v) is 7.89. The molecular formula is C16H25N3. The van der Waals surface area contributed by atoms with E-state index in [2.05, 4.69) is 17.7 Å². The zero-order valence-electron chi connectivity index (χ0n) is 11.9. The van der Waals surface area contributed by atoms with E-state index in [1.807, 2.05) is 0 Å². The molecule has 104 valence electrons. The van der Waals surface area contributed by atoms with E-state index in [1.54, 1.807) is 0 Å². The molecule has 19 heavy (non-hydrogen) atoms. The summed E-state index contributed by atoms with van der Waals surface area (Å²) in [6, 6.07) is 2.15. The van der Waals surface area contributed by atoms with Crippen LogP contribution in [0.4, 0.5) is 0 Å². The molecule has 1 heterocycles. The van der Waals surface area contributed by atoms with E-state index in [0.717, 1.165) is 30.0 Å². The van der Waals surface area contributed by atoms with Gasteiger partial charge in [-0.2, -0.15) is 5.10 Å². The van der Waals surface area contributed by atoms with E-state index in [0.29, 0.717) is 12.0 Å². The molecule has 3 heteroatoms. The number of rotatable bonds is 3. The van der Waals surface area contributed by atoms with Crippen LogP contribution in [0.1, 0.15) is 49.9 Å². The first-order chi connectivity index (χ1) is 9.16. The van der Waals surface area contributed by atoms with E-state index in [1.165, 1.54) is 44.2 Å². The van der Waals surface area contributed by atoms with Crippen molar-refractivity contribution in [3.8, 4) is 0 Å². The molecule has 1 aromatic rings. The molecule has 5 rings (SSSR count). The van der Waals surface area contributed by atoms with Gasteiger partial charge in [-0.25, -0.2) is 0 Å². The summed E-state index contributed by atoms with van der Waals surface area (Å²) in [5.74, 6) is 3.07. The molecular weight excluding hydrogens is 234 g/mol. The van der Waals surface area contributed by atoms with Crippen molar-refractivity contribution in [3.05, 3.63) is 17.5 Å². The molecule has 0 aliphatic heterocycles. The maximum atomic E-state index is 5.72. The summed E-state index contributed by atoms with van der Waals surface area (Å²) in [7, 11) is 0. The van der Waals surface area contributed by atoms with E-state index in [-0.39, 0.29) is 0 Å². The Morgan fingerprint density at radius 1 is 1.21 bits per heavy atom. The number of aryl methyl sites for hydroxylation is 1. The van der Waals surface area contributed by atoms with Crippen LogP contribution in [0, 0.1) is 30.1 Å². The van der Waals surface area contributed by atoms with Crippen LogP contribution in [0.3, 0.4) is 0 Å². The third-order valence-electron chi connectivity index (χ3n) is 5.89. The van der Waals surface area contributed by atoms with Gasteiger partial charge in [-0.15, -0.1) is 0 Å². The van der Waals surface area contributed by atoms with Gasteiger partial charge in [0.2, 0.25) is 0 Å². The molecule has 4 bridgehead atoms. The Bertz CT molecular complexity index is 453. The zero-order valence-corrected chi connectivity index (χ0v) is 11.9. The van der Waals surface area contributed by atoms with Crippen molar-refractivity contribution in [1.82, 2.24) is 9.78 Å². The maximum Gasteiger partial charge on any atom is 0.0763 e. The van der Waals surface area contributed by atoms with Gasteiger partial charge < -0.3 is 5.73 Å². The van der Waals surface area contributed by atoms with E-state index >= 15 is 0 Å². The zero-order chi connectivity index (χ0) is 13.0. The van der Waals surface area contributed by atoms with E-state index in [4.69, 9.17) is 10.8 Å².